The molecule has 6 heteroatoms. The SMILES string of the molecule is [CH2]CC(N1C(=O)CCC1=O)N1C(=O)CCC1=O. The molecule has 0 N–H and O–H groups in total. The van der Waals surface area contributed by atoms with Crippen molar-refractivity contribution in [1.29, 1.82) is 0 Å². The second-order valence-electron chi connectivity index (χ2n) is 4.08. The van der Waals surface area contributed by atoms with Gasteiger partial charge in [0, 0.05) is 25.7 Å². The zero-order valence-corrected chi connectivity index (χ0v) is 9.35. The lowest BCUT2D eigenvalue weighted by atomic mass is 10.3. The monoisotopic (exact) mass is 237 g/mol. The summed E-state index contributed by atoms with van der Waals surface area (Å²) in [5, 5.41) is 0. The first-order valence-electron chi connectivity index (χ1n) is 5.55. The number of likely N-dealkylation sites (tertiary alicyclic amines) is 2. The Kier molecular flexibility index (Phi) is 2.95. The largest absolute Gasteiger partial charge is 0.274 e. The van der Waals surface area contributed by atoms with Gasteiger partial charge in [0.05, 0.1) is 0 Å². The lowest BCUT2D eigenvalue weighted by Crippen LogP contribution is -2.52. The fourth-order valence-corrected chi connectivity index (χ4v) is 2.23. The van der Waals surface area contributed by atoms with Gasteiger partial charge in [-0.1, -0.05) is 0 Å². The van der Waals surface area contributed by atoms with Gasteiger partial charge in [-0.05, 0) is 13.3 Å². The highest BCUT2D eigenvalue weighted by atomic mass is 16.2. The molecule has 0 bridgehead atoms. The highest BCUT2D eigenvalue weighted by molar-refractivity contribution is 6.06. The Bertz CT molecular complexity index is 336. The minimum absolute atomic E-state index is 0.134. The van der Waals surface area contributed by atoms with Crippen LogP contribution in [0.5, 0.6) is 0 Å². The van der Waals surface area contributed by atoms with Gasteiger partial charge >= 0.3 is 0 Å². The topological polar surface area (TPSA) is 74.8 Å². The smallest absolute Gasteiger partial charge is 0.231 e. The Hall–Kier alpha value is -1.72. The van der Waals surface area contributed by atoms with Gasteiger partial charge in [0.2, 0.25) is 23.6 Å². The molecule has 91 valence electrons. The van der Waals surface area contributed by atoms with E-state index >= 15 is 0 Å². The zero-order chi connectivity index (χ0) is 12.6. The fraction of sp³-hybridized carbons (Fsp3) is 0.545. The first-order chi connectivity index (χ1) is 8.06. The minimum atomic E-state index is -0.833. The minimum Gasteiger partial charge on any atom is -0.274 e. The number of rotatable bonds is 3. The molecule has 2 aliphatic rings. The number of carbonyl (C=O) groups excluding carboxylic acids is 4. The van der Waals surface area contributed by atoms with Gasteiger partial charge in [-0.15, -0.1) is 0 Å². The molecule has 0 aromatic carbocycles. The van der Waals surface area contributed by atoms with Crippen molar-refractivity contribution in [2.75, 3.05) is 0 Å². The molecule has 17 heavy (non-hydrogen) atoms. The Balaban J connectivity index is 2.27. The first-order valence-corrected chi connectivity index (χ1v) is 5.55. The zero-order valence-electron chi connectivity index (χ0n) is 9.35. The van der Waals surface area contributed by atoms with Crippen LogP contribution >= 0.6 is 0 Å². The molecule has 0 saturated carbocycles. The molecular formula is C11H13N2O4. The Labute approximate surface area is 98.5 Å². The third-order valence-corrected chi connectivity index (χ3v) is 3.03. The summed E-state index contributed by atoms with van der Waals surface area (Å²) >= 11 is 0. The van der Waals surface area contributed by atoms with E-state index in [0.717, 1.165) is 9.80 Å². The average molecular weight is 237 g/mol. The number of carbonyl (C=O) groups is 4. The lowest BCUT2D eigenvalue weighted by molar-refractivity contribution is -0.153. The summed E-state index contributed by atoms with van der Waals surface area (Å²) in [6.45, 7) is 3.62. The Morgan fingerprint density at radius 3 is 1.35 bits per heavy atom. The van der Waals surface area contributed by atoms with Crippen molar-refractivity contribution < 1.29 is 19.2 Å². The van der Waals surface area contributed by atoms with Crippen LogP contribution in [0.1, 0.15) is 32.1 Å². The van der Waals surface area contributed by atoms with E-state index in [1.54, 1.807) is 0 Å². The molecule has 1 radical (unpaired) electrons. The van der Waals surface area contributed by atoms with Gasteiger partial charge < -0.3 is 0 Å². The van der Waals surface area contributed by atoms with Crippen molar-refractivity contribution >= 4 is 23.6 Å². The van der Waals surface area contributed by atoms with Crippen LogP contribution in [0.25, 0.3) is 0 Å². The Morgan fingerprint density at radius 2 is 1.12 bits per heavy atom. The molecule has 2 rings (SSSR count). The predicted octanol–water partition coefficient (Wildman–Crippen LogP) is -0.165. The summed E-state index contributed by atoms with van der Waals surface area (Å²) < 4.78 is 0. The van der Waals surface area contributed by atoms with Crippen molar-refractivity contribution in [3.05, 3.63) is 6.92 Å². The van der Waals surface area contributed by atoms with Gasteiger partial charge in [0.15, 0.2) is 0 Å². The van der Waals surface area contributed by atoms with Crippen LogP contribution in [0, 0.1) is 6.92 Å². The normalized spacial score (nSPS) is 21.3. The van der Waals surface area contributed by atoms with Crippen LogP contribution in [-0.4, -0.2) is 39.6 Å². The van der Waals surface area contributed by atoms with Crippen molar-refractivity contribution in [3.63, 3.8) is 0 Å². The molecule has 0 unspecified atom stereocenters. The molecule has 0 aliphatic carbocycles. The number of nitrogens with zero attached hydrogens (tertiary/aromatic N) is 2. The molecule has 2 saturated heterocycles. The molecule has 2 heterocycles. The fourth-order valence-electron chi connectivity index (χ4n) is 2.23. The lowest BCUT2D eigenvalue weighted by Gasteiger charge is -2.31. The second-order valence-corrected chi connectivity index (χ2v) is 4.08. The Morgan fingerprint density at radius 1 is 0.824 bits per heavy atom. The van der Waals surface area contributed by atoms with Crippen LogP contribution in [0.3, 0.4) is 0 Å². The van der Waals surface area contributed by atoms with Crippen LogP contribution < -0.4 is 0 Å². The van der Waals surface area contributed by atoms with E-state index in [1.165, 1.54) is 0 Å². The third kappa shape index (κ3) is 1.83. The number of hydrogen-bond acceptors (Lipinski definition) is 4. The second kappa shape index (κ2) is 4.27. The third-order valence-electron chi connectivity index (χ3n) is 3.03. The quantitative estimate of drug-likeness (QED) is 0.639. The maximum atomic E-state index is 11.6. The van der Waals surface area contributed by atoms with Gasteiger partial charge in [0.25, 0.3) is 0 Å². The highest BCUT2D eigenvalue weighted by Gasteiger charge is 2.43. The molecule has 0 aromatic rings. The molecule has 0 spiro atoms. The van der Waals surface area contributed by atoms with Gasteiger partial charge in [-0.3, -0.25) is 29.0 Å². The summed E-state index contributed by atoms with van der Waals surface area (Å²) in [4.78, 5) is 48.3. The van der Waals surface area contributed by atoms with Crippen molar-refractivity contribution in [1.82, 2.24) is 9.80 Å². The molecule has 6 nitrogen and oxygen atoms in total. The summed E-state index contributed by atoms with van der Waals surface area (Å²) in [5.41, 5.74) is 0. The van der Waals surface area contributed by atoms with Crippen molar-refractivity contribution in [2.24, 2.45) is 0 Å². The summed E-state index contributed by atoms with van der Waals surface area (Å²) in [5.74, 6) is -1.35. The summed E-state index contributed by atoms with van der Waals surface area (Å²) in [6.07, 6.45) is -0.122. The number of amides is 4. The molecule has 2 fully saturated rings. The standard InChI is InChI=1S/C11H13N2O4/c1-2-7(12-8(14)3-4-9(12)15)13-10(16)5-6-11(13)17/h7H,1-6H2. The first kappa shape index (κ1) is 11.8. The van der Waals surface area contributed by atoms with Gasteiger partial charge in [-0.2, -0.15) is 0 Å². The van der Waals surface area contributed by atoms with Gasteiger partial charge in [-0.25, -0.2) is 0 Å². The molecule has 0 aromatic heterocycles. The van der Waals surface area contributed by atoms with Crippen LogP contribution in [0.2, 0.25) is 0 Å². The summed E-state index contributed by atoms with van der Waals surface area (Å²) in [7, 11) is 0. The summed E-state index contributed by atoms with van der Waals surface area (Å²) in [6, 6.07) is 0. The molecule has 2 aliphatic heterocycles. The number of hydrogen-bond donors (Lipinski definition) is 0. The molecule has 0 atom stereocenters. The van der Waals surface area contributed by atoms with Crippen LogP contribution in [0.4, 0.5) is 0 Å². The van der Waals surface area contributed by atoms with Crippen LogP contribution in [-0.2, 0) is 19.2 Å². The van der Waals surface area contributed by atoms with Crippen molar-refractivity contribution in [2.45, 2.75) is 38.3 Å². The molecule has 4 amide bonds. The van der Waals surface area contributed by atoms with E-state index < -0.39 is 6.17 Å². The van der Waals surface area contributed by atoms with E-state index in [-0.39, 0.29) is 55.7 Å². The van der Waals surface area contributed by atoms with Crippen LogP contribution in [0.15, 0.2) is 0 Å². The maximum Gasteiger partial charge on any atom is 0.231 e. The average Bonchev–Trinajstić information content (AvgIpc) is 2.78. The van der Waals surface area contributed by atoms with E-state index in [1.807, 2.05) is 0 Å². The van der Waals surface area contributed by atoms with Gasteiger partial charge in [0.1, 0.15) is 6.17 Å². The van der Waals surface area contributed by atoms with Crippen molar-refractivity contribution in [3.8, 4) is 0 Å². The van der Waals surface area contributed by atoms with E-state index in [0.29, 0.717) is 0 Å². The van der Waals surface area contributed by atoms with E-state index in [4.69, 9.17) is 0 Å². The van der Waals surface area contributed by atoms with E-state index in [2.05, 4.69) is 6.92 Å². The highest BCUT2D eigenvalue weighted by Crippen LogP contribution is 2.24. The number of imide groups is 2. The predicted molar refractivity (Wildman–Crippen MR) is 55.9 cm³/mol. The van der Waals surface area contributed by atoms with E-state index in [9.17, 15) is 19.2 Å². The molecular weight excluding hydrogens is 224 g/mol. The maximum absolute atomic E-state index is 11.6.